The van der Waals surface area contributed by atoms with Crippen molar-refractivity contribution in [3.05, 3.63) is 52.6 Å². The Kier molecular flexibility index (Phi) is 3.09. The molecule has 0 bridgehead atoms. The van der Waals surface area contributed by atoms with Crippen molar-refractivity contribution in [3.63, 3.8) is 0 Å². The Balaban J connectivity index is 2.26. The quantitative estimate of drug-likeness (QED) is 0.797. The Labute approximate surface area is 97.9 Å². The van der Waals surface area contributed by atoms with Gasteiger partial charge < -0.3 is 5.32 Å². The van der Waals surface area contributed by atoms with Crippen molar-refractivity contribution in [2.75, 3.05) is 5.32 Å². The molecular weight excluding hydrogens is 231 g/mol. The Bertz CT molecular complexity index is 472. The van der Waals surface area contributed by atoms with E-state index in [4.69, 9.17) is 23.2 Å². The minimum atomic E-state index is 0.451. The average molecular weight is 239 g/mol. The summed E-state index contributed by atoms with van der Waals surface area (Å²) in [7, 11) is 0. The van der Waals surface area contributed by atoms with Crippen molar-refractivity contribution in [3.8, 4) is 0 Å². The van der Waals surface area contributed by atoms with Crippen LogP contribution in [0.3, 0.4) is 0 Å². The van der Waals surface area contributed by atoms with E-state index < -0.39 is 0 Å². The number of halogens is 2. The summed E-state index contributed by atoms with van der Waals surface area (Å²) in [5.41, 5.74) is 0.814. The third-order valence-electron chi connectivity index (χ3n) is 1.85. The van der Waals surface area contributed by atoms with Crippen LogP contribution in [0.15, 0.2) is 42.5 Å². The first kappa shape index (κ1) is 10.3. The van der Waals surface area contributed by atoms with Crippen LogP contribution in [0.4, 0.5) is 11.5 Å². The molecule has 0 aliphatic rings. The maximum Gasteiger partial charge on any atom is 0.132 e. The zero-order valence-electron chi connectivity index (χ0n) is 7.74. The van der Waals surface area contributed by atoms with Crippen molar-refractivity contribution in [2.45, 2.75) is 0 Å². The number of rotatable bonds is 2. The first-order valence-corrected chi connectivity index (χ1v) is 5.15. The fourth-order valence-electron chi connectivity index (χ4n) is 1.18. The molecule has 0 aliphatic heterocycles. The highest BCUT2D eigenvalue weighted by atomic mass is 35.5. The second kappa shape index (κ2) is 4.51. The number of nitrogens with zero attached hydrogens (tertiary/aromatic N) is 1. The minimum absolute atomic E-state index is 0.451. The molecule has 0 fully saturated rings. The van der Waals surface area contributed by atoms with E-state index in [-0.39, 0.29) is 0 Å². The standard InChI is InChI=1S/C11H8Cl2N2/c12-8-4-1-2-5-9(8)14-11-7-3-6-10(13)15-11/h1-7H,(H,14,15). The van der Waals surface area contributed by atoms with Gasteiger partial charge in [-0.3, -0.25) is 0 Å². The summed E-state index contributed by atoms with van der Waals surface area (Å²) in [6.07, 6.45) is 0. The monoisotopic (exact) mass is 238 g/mol. The van der Waals surface area contributed by atoms with E-state index in [9.17, 15) is 0 Å². The van der Waals surface area contributed by atoms with Crippen LogP contribution in [0.1, 0.15) is 0 Å². The molecule has 0 amide bonds. The fraction of sp³-hybridized carbons (Fsp3) is 0. The maximum atomic E-state index is 5.99. The number of pyridine rings is 1. The van der Waals surface area contributed by atoms with Crippen LogP contribution in [0.2, 0.25) is 10.2 Å². The van der Waals surface area contributed by atoms with Crippen molar-refractivity contribution in [1.82, 2.24) is 4.98 Å². The van der Waals surface area contributed by atoms with Gasteiger partial charge in [0.25, 0.3) is 0 Å². The zero-order chi connectivity index (χ0) is 10.7. The first-order valence-electron chi connectivity index (χ1n) is 4.40. The van der Waals surface area contributed by atoms with Gasteiger partial charge in [-0.05, 0) is 24.3 Å². The number of para-hydroxylation sites is 1. The summed E-state index contributed by atoms with van der Waals surface area (Å²) < 4.78 is 0. The number of nitrogens with one attached hydrogen (secondary N) is 1. The van der Waals surface area contributed by atoms with Crippen LogP contribution in [0, 0.1) is 0 Å². The molecule has 2 rings (SSSR count). The van der Waals surface area contributed by atoms with Crippen molar-refractivity contribution < 1.29 is 0 Å². The third kappa shape index (κ3) is 2.61. The number of benzene rings is 1. The number of hydrogen-bond donors (Lipinski definition) is 1. The van der Waals surface area contributed by atoms with E-state index in [1.165, 1.54) is 0 Å². The molecule has 15 heavy (non-hydrogen) atoms. The van der Waals surface area contributed by atoms with Gasteiger partial charge >= 0.3 is 0 Å². The molecule has 0 aliphatic carbocycles. The second-order valence-corrected chi connectivity index (χ2v) is 3.74. The summed E-state index contributed by atoms with van der Waals surface area (Å²) in [6, 6.07) is 12.8. The molecule has 2 aromatic rings. The van der Waals surface area contributed by atoms with E-state index in [0.29, 0.717) is 16.0 Å². The zero-order valence-corrected chi connectivity index (χ0v) is 9.26. The Morgan fingerprint density at radius 1 is 0.933 bits per heavy atom. The molecular formula is C11H8Cl2N2. The molecule has 0 unspecified atom stereocenters. The average Bonchev–Trinajstić information content (AvgIpc) is 2.22. The third-order valence-corrected chi connectivity index (χ3v) is 2.39. The lowest BCUT2D eigenvalue weighted by molar-refractivity contribution is 1.31. The van der Waals surface area contributed by atoms with Crippen LogP contribution in [-0.4, -0.2) is 4.98 Å². The summed E-state index contributed by atoms with van der Waals surface area (Å²) in [5.74, 6) is 0.676. The summed E-state index contributed by atoms with van der Waals surface area (Å²) in [6.45, 7) is 0. The van der Waals surface area contributed by atoms with E-state index in [1.807, 2.05) is 36.4 Å². The van der Waals surface area contributed by atoms with Gasteiger partial charge in [0.2, 0.25) is 0 Å². The molecule has 76 valence electrons. The van der Waals surface area contributed by atoms with E-state index in [0.717, 1.165) is 5.69 Å². The molecule has 2 nitrogen and oxygen atoms in total. The molecule has 1 aromatic carbocycles. The largest absolute Gasteiger partial charge is 0.339 e. The van der Waals surface area contributed by atoms with Gasteiger partial charge in [-0.1, -0.05) is 41.4 Å². The summed E-state index contributed by atoms with van der Waals surface area (Å²) in [5, 5.41) is 4.19. The van der Waals surface area contributed by atoms with Crippen LogP contribution in [0.5, 0.6) is 0 Å². The van der Waals surface area contributed by atoms with E-state index in [2.05, 4.69) is 10.3 Å². The predicted octanol–water partition coefficient (Wildman–Crippen LogP) is 4.13. The number of aromatic nitrogens is 1. The fourth-order valence-corrected chi connectivity index (χ4v) is 1.53. The highest BCUT2D eigenvalue weighted by molar-refractivity contribution is 6.33. The van der Waals surface area contributed by atoms with Crippen LogP contribution in [0.25, 0.3) is 0 Å². The highest BCUT2D eigenvalue weighted by Gasteiger charge is 2.00. The van der Waals surface area contributed by atoms with Crippen molar-refractivity contribution in [2.24, 2.45) is 0 Å². The van der Waals surface area contributed by atoms with Crippen LogP contribution < -0.4 is 5.32 Å². The van der Waals surface area contributed by atoms with Crippen LogP contribution >= 0.6 is 23.2 Å². The van der Waals surface area contributed by atoms with Gasteiger partial charge in [-0.2, -0.15) is 0 Å². The van der Waals surface area contributed by atoms with Crippen molar-refractivity contribution in [1.29, 1.82) is 0 Å². The van der Waals surface area contributed by atoms with Gasteiger partial charge in [-0.25, -0.2) is 4.98 Å². The molecule has 1 heterocycles. The van der Waals surface area contributed by atoms with E-state index >= 15 is 0 Å². The Hall–Kier alpha value is -1.25. The Morgan fingerprint density at radius 2 is 1.73 bits per heavy atom. The molecule has 0 saturated heterocycles. The highest BCUT2D eigenvalue weighted by Crippen LogP contribution is 2.24. The van der Waals surface area contributed by atoms with Gasteiger partial charge in [0.15, 0.2) is 0 Å². The molecule has 0 atom stereocenters. The van der Waals surface area contributed by atoms with Gasteiger partial charge in [0, 0.05) is 0 Å². The Morgan fingerprint density at radius 3 is 2.47 bits per heavy atom. The smallest absolute Gasteiger partial charge is 0.132 e. The molecule has 1 aromatic heterocycles. The number of hydrogen-bond acceptors (Lipinski definition) is 2. The number of anilines is 2. The lowest BCUT2D eigenvalue weighted by Crippen LogP contribution is -1.93. The normalized spacial score (nSPS) is 10.0. The van der Waals surface area contributed by atoms with Gasteiger partial charge in [-0.15, -0.1) is 0 Å². The lowest BCUT2D eigenvalue weighted by atomic mass is 10.3. The van der Waals surface area contributed by atoms with Crippen molar-refractivity contribution >= 4 is 34.7 Å². The van der Waals surface area contributed by atoms with Crippen LogP contribution in [-0.2, 0) is 0 Å². The minimum Gasteiger partial charge on any atom is -0.339 e. The van der Waals surface area contributed by atoms with Gasteiger partial charge in [0.1, 0.15) is 11.0 Å². The lowest BCUT2D eigenvalue weighted by Gasteiger charge is -2.06. The maximum absolute atomic E-state index is 5.99. The second-order valence-electron chi connectivity index (χ2n) is 2.95. The topological polar surface area (TPSA) is 24.9 Å². The molecule has 0 saturated carbocycles. The SMILES string of the molecule is Clc1cccc(Nc2ccccc2Cl)n1. The van der Waals surface area contributed by atoms with E-state index in [1.54, 1.807) is 6.07 Å². The molecule has 0 radical (unpaired) electrons. The van der Waals surface area contributed by atoms with Gasteiger partial charge in [0.05, 0.1) is 10.7 Å². The summed E-state index contributed by atoms with van der Waals surface area (Å²) in [4.78, 5) is 4.11. The molecule has 1 N–H and O–H groups in total. The molecule has 0 spiro atoms. The molecule has 4 heteroatoms. The predicted molar refractivity (Wildman–Crippen MR) is 64.0 cm³/mol. The first-order chi connectivity index (χ1) is 7.25. The summed E-state index contributed by atoms with van der Waals surface area (Å²) >= 11 is 11.8.